The molecule has 25 heavy (non-hydrogen) atoms. The Kier molecular flexibility index (Phi) is 4.36. The van der Waals surface area contributed by atoms with E-state index in [0.717, 1.165) is 53.1 Å². The molecule has 1 N–H and O–H groups in total. The van der Waals surface area contributed by atoms with E-state index in [4.69, 9.17) is 0 Å². The predicted molar refractivity (Wildman–Crippen MR) is 101 cm³/mol. The summed E-state index contributed by atoms with van der Waals surface area (Å²) in [6, 6.07) is 9.96. The van der Waals surface area contributed by atoms with Crippen LogP contribution in [0.1, 0.15) is 28.8 Å². The number of anilines is 1. The third kappa shape index (κ3) is 3.22. The van der Waals surface area contributed by atoms with Gasteiger partial charge >= 0.3 is 0 Å². The van der Waals surface area contributed by atoms with Crippen molar-refractivity contribution in [2.45, 2.75) is 25.8 Å². The third-order valence-electron chi connectivity index (χ3n) is 4.74. The fourth-order valence-electron chi connectivity index (χ4n) is 3.33. The number of piperidine rings is 1. The largest absolute Gasteiger partial charge is 0.355 e. The highest BCUT2D eigenvalue weighted by Gasteiger charge is 2.23. The van der Waals surface area contributed by atoms with E-state index in [0.29, 0.717) is 0 Å². The highest BCUT2D eigenvalue weighted by Crippen LogP contribution is 2.29. The summed E-state index contributed by atoms with van der Waals surface area (Å²) in [6.07, 6.45) is 3.49. The molecule has 3 aromatic rings. The van der Waals surface area contributed by atoms with E-state index in [1.165, 1.54) is 0 Å². The number of amides is 1. The average Bonchev–Trinajstić information content (AvgIpc) is 3.11. The standard InChI is InChI=1S/C19H20N4OS/c1-13-4-2-3-5-15(13)19(24)22-14-6-9-23(10-7-14)18-17-16(8-11-25-17)20-12-21-18/h2-5,8,11-12,14H,6-7,9-10H2,1H3,(H,22,24). The number of rotatable bonds is 3. The zero-order valence-corrected chi connectivity index (χ0v) is 14.9. The second-order valence-electron chi connectivity index (χ2n) is 6.38. The van der Waals surface area contributed by atoms with E-state index >= 15 is 0 Å². The first-order valence-electron chi connectivity index (χ1n) is 8.52. The summed E-state index contributed by atoms with van der Waals surface area (Å²) in [7, 11) is 0. The van der Waals surface area contributed by atoms with Gasteiger partial charge in [-0.2, -0.15) is 0 Å². The van der Waals surface area contributed by atoms with Crippen molar-refractivity contribution in [3.63, 3.8) is 0 Å². The Morgan fingerprint density at radius 1 is 1.20 bits per heavy atom. The highest BCUT2D eigenvalue weighted by atomic mass is 32.1. The molecule has 1 aliphatic rings. The summed E-state index contributed by atoms with van der Waals surface area (Å²) in [5.41, 5.74) is 2.78. The van der Waals surface area contributed by atoms with Crippen LogP contribution in [0.3, 0.4) is 0 Å². The lowest BCUT2D eigenvalue weighted by Crippen LogP contribution is -2.45. The molecule has 0 saturated carbocycles. The van der Waals surface area contributed by atoms with Crippen LogP contribution in [-0.4, -0.2) is 35.0 Å². The number of benzene rings is 1. The second-order valence-corrected chi connectivity index (χ2v) is 7.30. The molecule has 2 aromatic heterocycles. The van der Waals surface area contributed by atoms with Gasteiger partial charge in [0.2, 0.25) is 0 Å². The van der Waals surface area contributed by atoms with Crippen molar-refractivity contribution in [2.24, 2.45) is 0 Å². The van der Waals surface area contributed by atoms with Gasteiger partial charge in [-0.15, -0.1) is 11.3 Å². The molecule has 0 radical (unpaired) electrons. The number of nitrogens with zero attached hydrogens (tertiary/aromatic N) is 3. The van der Waals surface area contributed by atoms with Crippen molar-refractivity contribution >= 4 is 33.3 Å². The van der Waals surface area contributed by atoms with E-state index in [9.17, 15) is 4.79 Å². The van der Waals surface area contributed by atoms with Crippen LogP contribution in [0.25, 0.3) is 10.2 Å². The number of carbonyl (C=O) groups is 1. The lowest BCUT2D eigenvalue weighted by molar-refractivity contribution is 0.0930. The molecule has 0 atom stereocenters. The minimum Gasteiger partial charge on any atom is -0.355 e. The second kappa shape index (κ2) is 6.80. The van der Waals surface area contributed by atoms with Gasteiger partial charge in [0, 0.05) is 24.7 Å². The fourth-order valence-corrected chi connectivity index (χ4v) is 4.19. The minimum atomic E-state index is 0.0271. The average molecular weight is 352 g/mol. The van der Waals surface area contributed by atoms with Gasteiger partial charge < -0.3 is 10.2 Å². The Bertz CT molecular complexity index is 899. The number of fused-ring (bicyclic) bond motifs is 1. The van der Waals surface area contributed by atoms with E-state index < -0.39 is 0 Å². The van der Waals surface area contributed by atoms with Crippen LogP contribution in [0.2, 0.25) is 0 Å². The Morgan fingerprint density at radius 2 is 2.00 bits per heavy atom. The van der Waals surface area contributed by atoms with Crippen LogP contribution < -0.4 is 10.2 Å². The summed E-state index contributed by atoms with van der Waals surface area (Å²) < 4.78 is 1.14. The molecule has 1 saturated heterocycles. The molecule has 5 nitrogen and oxygen atoms in total. The molecule has 0 spiro atoms. The minimum absolute atomic E-state index is 0.0271. The first-order valence-corrected chi connectivity index (χ1v) is 9.40. The molecule has 4 rings (SSSR count). The van der Waals surface area contributed by atoms with Gasteiger partial charge in [0.25, 0.3) is 5.91 Å². The van der Waals surface area contributed by atoms with Crippen molar-refractivity contribution in [2.75, 3.05) is 18.0 Å². The van der Waals surface area contributed by atoms with Gasteiger partial charge in [-0.1, -0.05) is 18.2 Å². The molecule has 128 valence electrons. The number of hydrogen-bond acceptors (Lipinski definition) is 5. The van der Waals surface area contributed by atoms with Gasteiger partial charge in [-0.25, -0.2) is 9.97 Å². The van der Waals surface area contributed by atoms with Crippen molar-refractivity contribution in [1.29, 1.82) is 0 Å². The van der Waals surface area contributed by atoms with E-state index in [1.54, 1.807) is 17.7 Å². The van der Waals surface area contributed by atoms with Gasteiger partial charge in [-0.05, 0) is 42.8 Å². The summed E-state index contributed by atoms with van der Waals surface area (Å²) in [4.78, 5) is 23.6. The van der Waals surface area contributed by atoms with Crippen LogP contribution in [-0.2, 0) is 0 Å². The predicted octanol–water partition coefficient (Wildman–Crippen LogP) is 3.40. The molecule has 0 bridgehead atoms. The Labute approximate surface area is 150 Å². The maximum absolute atomic E-state index is 12.5. The van der Waals surface area contributed by atoms with Crippen LogP contribution in [0.15, 0.2) is 42.0 Å². The fraction of sp³-hybridized carbons (Fsp3) is 0.316. The molecule has 1 amide bonds. The van der Waals surface area contributed by atoms with Gasteiger partial charge in [0.05, 0.1) is 10.2 Å². The Balaban J connectivity index is 1.41. The van der Waals surface area contributed by atoms with Crippen LogP contribution in [0, 0.1) is 6.92 Å². The summed E-state index contributed by atoms with van der Waals surface area (Å²) in [5, 5.41) is 5.24. The van der Waals surface area contributed by atoms with Crippen LogP contribution >= 0.6 is 11.3 Å². The molecule has 6 heteroatoms. The van der Waals surface area contributed by atoms with Crippen LogP contribution in [0.5, 0.6) is 0 Å². The lowest BCUT2D eigenvalue weighted by atomic mass is 10.0. The smallest absolute Gasteiger partial charge is 0.251 e. The maximum atomic E-state index is 12.5. The molecule has 0 unspecified atom stereocenters. The Morgan fingerprint density at radius 3 is 2.80 bits per heavy atom. The molecule has 0 aliphatic carbocycles. The monoisotopic (exact) mass is 352 g/mol. The van der Waals surface area contributed by atoms with E-state index in [1.807, 2.05) is 37.3 Å². The van der Waals surface area contributed by atoms with Crippen molar-refractivity contribution in [3.8, 4) is 0 Å². The van der Waals surface area contributed by atoms with Gasteiger partial charge in [-0.3, -0.25) is 4.79 Å². The number of nitrogens with one attached hydrogen (secondary N) is 1. The SMILES string of the molecule is Cc1ccccc1C(=O)NC1CCN(c2ncnc3ccsc23)CC1. The normalized spacial score (nSPS) is 15.5. The summed E-state index contributed by atoms with van der Waals surface area (Å²) in [5.74, 6) is 1.04. The third-order valence-corrected chi connectivity index (χ3v) is 5.64. The zero-order chi connectivity index (χ0) is 17.2. The van der Waals surface area contributed by atoms with Crippen molar-refractivity contribution in [1.82, 2.24) is 15.3 Å². The number of thiophene rings is 1. The highest BCUT2D eigenvalue weighted by molar-refractivity contribution is 7.17. The Hall–Kier alpha value is -2.47. The first-order chi connectivity index (χ1) is 12.2. The molecular weight excluding hydrogens is 332 g/mol. The van der Waals surface area contributed by atoms with Crippen molar-refractivity contribution in [3.05, 3.63) is 53.2 Å². The van der Waals surface area contributed by atoms with E-state index in [-0.39, 0.29) is 11.9 Å². The van der Waals surface area contributed by atoms with Crippen molar-refractivity contribution < 1.29 is 4.79 Å². The number of carbonyl (C=O) groups excluding carboxylic acids is 1. The lowest BCUT2D eigenvalue weighted by Gasteiger charge is -2.33. The molecule has 1 fully saturated rings. The number of aryl methyl sites for hydroxylation is 1. The van der Waals surface area contributed by atoms with Gasteiger partial charge in [0.15, 0.2) is 0 Å². The van der Waals surface area contributed by atoms with Crippen LogP contribution in [0.4, 0.5) is 5.82 Å². The van der Waals surface area contributed by atoms with Gasteiger partial charge in [0.1, 0.15) is 12.1 Å². The molecule has 1 aromatic carbocycles. The molecular formula is C19H20N4OS. The number of hydrogen-bond donors (Lipinski definition) is 1. The maximum Gasteiger partial charge on any atom is 0.251 e. The zero-order valence-electron chi connectivity index (χ0n) is 14.1. The molecule has 1 aliphatic heterocycles. The summed E-state index contributed by atoms with van der Waals surface area (Å²) in [6.45, 7) is 3.75. The van der Waals surface area contributed by atoms with E-state index in [2.05, 4.69) is 25.6 Å². The quantitative estimate of drug-likeness (QED) is 0.785. The molecule has 3 heterocycles. The first kappa shape index (κ1) is 16.0. The number of aromatic nitrogens is 2. The topological polar surface area (TPSA) is 58.1 Å². The summed E-state index contributed by atoms with van der Waals surface area (Å²) >= 11 is 1.68.